The molecule has 6 heterocycles. The molecule has 0 bridgehead atoms. The molecule has 2 aromatic carbocycles. The number of amides is 2. The first-order chi connectivity index (χ1) is 31.6. The molecule has 2 saturated carbocycles. The number of methoxy groups -OCH3 is 2. The molecule has 66 heavy (non-hydrogen) atoms. The smallest absolute Gasteiger partial charge is 0.387 e. The minimum Gasteiger partial charge on any atom is -0.496 e. The van der Waals surface area contributed by atoms with Crippen molar-refractivity contribution in [1.82, 2.24) is 29.4 Å². The van der Waals surface area contributed by atoms with Crippen molar-refractivity contribution in [1.29, 1.82) is 0 Å². The van der Waals surface area contributed by atoms with Gasteiger partial charge in [0.25, 0.3) is 11.8 Å². The van der Waals surface area contributed by atoms with E-state index < -0.39 is 72.2 Å². The predicted octanol–water partition coefficient (Wildman–Crippen LogP) is 6.32. The van der Waals surface area contributed by atoms with Gasteiger partial charge in [-0.1, -0.05) is 0 Å². The molecule has 22 heteroatoms. The molecular weight excluding hydrogens is 890 g/mol. The topological polar surface area (TPSA) is 168 Å². The largest absolute Gasteiger partial charge is 0.496 e. The van der Waals surface area contributed by atoms with Gasteiger partial charge in [-0.25, -0.2) is 23.1 Å². The van der Waals surface area contributed by atoms with Crippen LogP contribution in [0.2, 0.25) is 0 Å². The third kappa shape index (κ3) is 8.62. The molecule has 4 fully saturated rings. The molecule has 2 saturated heterocycles. The van der Waals surface area contributed by atoms with Crippen LogP contribution in [0.15, 0.2) is 73.3 Å². The molecule has 15 nitrogen and oxygen atoms in total. The van der Waals surface area contributed by atoms with Crippen molar-refractivity contribution in [3.05, 3.63) is 95.6 Å². The number of aliphatic hydroxyl groups is 1. The number of fused-ring (bicyclic) bond motifs is 2. The second-order valence-electron chi connectivity index (χ2n) is 16.1. The Kier molecular flexibility index (Phi) is 11.7. The van der Waals surface area contributed by atoms with E-state index in [1.807, 2.05) is 0 Å². The lowest BCUT2D eigenvalue weighted by molar-refractivity contribution is -0.184. The highest BCUT2D eigenvalue weighted by molar-refractivity contribution is 6.02. The molecule has 10 rings (SSSR count). The Hall–Kier alpha value is -6.65. The highest BCUT2D eigenvalue weighted by Gasteiger charge is 2.43. The van der Waals surface area contributed by atoms with Crippen LogP contribution < -0.4 is 29.6 Å². The molecule has 4 atom stereocenters. The fourth-order valence-electron chi connectivity index (χ4n) is 7.60. The van der Waals surface area contributed by atoms with Gasteiger partial charge in [-0.15, -0.1) is 0 Å². The van der Waals surface area contributed by atoms with Crippen LogP contribution in [0, 0.1) is 0 Å². The Balaban J connectivity index is 0.000000166. The highest BCUT2D eigenvalue weighted by Crippen LogP contribution is 2.41. The number of halogens is 7. The predicted molar refractivity (Wildman–Crippen MR) is 217 cm³/mol. The summed E-state index contributed by atoms with van der Waals surface area (Å²) in [4.78, 5) is 34.0. The summed E-state index contributed by atoms with van der Waals surface area (Å²) in [5.41, 5.74) is 0.657. The summed E-state index contributed by atoms with van der Waals surface area (Å²) in [6.45, 7) is -6.08. The maximum Gasteiger partial charge on any atom is 0.387 e. The monoisotopic (exact) mass is 928 g/mol. The molecular formula is C44H39F7N6O9. The van der Waals surface area contributed by atoms with Crippen LogP contribution in [-0.4, -0.2) is 114 Å². The fourth-order valence-corrected chi connectivity index (χ4v) is 7.60. The van der Waals surface area contributed by atoms with Crippen LogP contribution in [-0.2, 0) is 20.7 Å². The number of pyridine rings is 2. The zero-order chi connectivity index (χ0) is 46.7. The minimum atomic E-state index is -3.21. The number of ether oxygens (including phenoxy) is 6. The average molecular weight is 929 g/mol. The molecule has 2 amide bonds. The lowest BCUT2D eigenvalue weighted by Gasteiger charge is -2.36. The van der Waals surface area contributed by atoms with Gasteiger partial charge >= 0.3 is 13.2 Å². The molecule has 348 valence electrons. The molecule has 0 spiro atoms. The molecule has 4 aromatic heterocycles. The summed E-state index contributed by atoms with van der Waals surface area (Å²) in [5.74, 6) is -2.41. The van der Waals surface area contributed by atoms with Crippen molar-refractivity contribution in [3.8, 4) is 45.5 Å². The van der Waals surface area contributed by atoms with Crippen LogP contribution in [0.4, 0.5) is 30.7 Å². The highest BCUT2D eigenvalue weighted by atomic mass is 19.3. The lowest BCUT2D eigenvalue weighted by atomic mass is 9.93. The van der Waals surface area contributed by atoms with Crippen molar-refractivity contribution in [2.24, 2.45) is 0 Å². The molecule has 4 aliphatic rings. The average Bonchev–Trinajstić information content (AvgIpc) is 4.00. The third-order valence-corrected chi connectivity index (χ3v) is 11.5. The van der Waals surface area contributed by atoms with Gasteiger partial charge in [0.2, 0.25) is 0 Å². The molecule has 3 N–H and O–H groups in total. The normalized spacial score (nSPS) is 21.0. The van der Waals surface area contributed by atoms with Gasteiger partial charge in [-0.2, -0.15) is 17.6 Å². The van der Waals surface area contributed by atoms with Crippen molar-refractivity contribution in [3.63, 3.8) is 0 Å². The van der Waals surface area contributed by atoms with E-state index in [4.69, 9.17) is 18.9 Å². The number of nitrogens with zero attached hydrogens (tertiary/aromatic N) is 4. The van der Waals surface area contributed by atoms with E-state index in [-0.39, 0.29) is 61.9 Å². The van der Waals surface area contributed by atoms with Gasteiger partial charge in [-0.3, -0.25) is 18.4 Å². The maximum absolute atomic E-state index is 14.7. The van der Waals surface area contributed by atoms with Gasteiger partial charge in [0.05, 0.1) is 76.5 Å². The molecule has 0 unspecified atom stereocenters. The number of aromatic nitrogens is 4. The van der Waals surface area contributed by atoms with E-state index in [2.05, 4.69) is 30.1 Å². The number of carbonyl (C=O) groups excluding carboxylic acids is 2. The van der Waals surface area contributed by atoms with Crippen LogP contribution in [0.1, 0.15) is 44.7 Å². The summed E-state index contributed by atoms with van der Waals surface area (Å²) in [6.07, 6.45) is 4.32. The summed E-state index contributed by atoms with van der Waals surface area (Å²) in [6, 6.07) is 10.8. The van der Waals surface area contributed by atoms with Crippen molar-refractivity contribution in [2.45, 2.75) is 61.8 Å². The standard InChI is InChI=1S/C22H19F4N3O4.C22H20F3N3O5/c1-31-16-4-11(5-17(33-21(24)25)19(16)20(30)28-14-7-13(14)23)15-8-27-18-6-12(2-3-29(15)18)22(26)9-32-10-22;1-31-16-4-11(5-17(33-21(24)25)19(16)20(29)27-14-7-13(14)23)15-8-26-18-6-12(2-3-28(15)18)22(30)9-32-10-22/h2-6,8,13-14,21H,7,9-10H2,1H3,(H,28,30);2-6,8,13-14,21,30H,7,9-10H2,1H3,(H,27,29)/t2*13-,14+/m00/s1. The van der Waals surface area contributed by atoms with Crippen LogP contribution in [0.25, 0.3) is 33.8 Å². The summed E-state index contributed by atoms with van der Waals surface area (Å²) in [5, 5.41) is 15.4. The maximum atomic E-state index is 14.7. The van der Waals surface area contributed by atoms with Crippen molar-refractivity contribution < 1.29 is 73.8 Å². The van der Waals surface area contributed by atoms with E-state index in [0.29, 0.717) is 44.9 Å². The van der Waals surface area contributed by atoms with Gasteiger partial charge in [0, 0.05) is 36.4 Å². The molecule has 6 aromatic rings. The van der Waals surface area contributed by atoms with Gasteiger partial charge in [-0.05, 0) is 59.7 Å². The van der Waals surface area contributed by atoms with Crippen LogP contribution in [0.5, 0.6) is 23.0 Å². The number of imidazole rings is 2. The number of nitrogens with one attached hydrogen (secondary N) is 2. The Morgan fingerprint density at radius 2 is 1.11 bits per heavy atom. The van der Waals surface area contributed by atoms with Crippen LogP contribution in [0.3, 0.4) is 0 Å². The number of alkyl halides is 7. The SMILES string of the molecule is COc1cc(-c2cnc3cc(C4(F)COC4)ccn23)cc(OC(F)F)c1C(=O)N[C@@H]1C[C@@H]1F.COc1cc(-c2cnc3cc(C4(O)COC4)ccn23)cc(OC(F)F)c1C(=O)N[C@@H]1C[C@@H]1F. The Labute approximate surface area is 369 Å². The first-order valence-electron chi connectivity index (χ1n) is 20.3. The second-order valence-corrected chi connectivity index (χ2v) is 16.1. The summed E-state index contributed by atoms with van der Waals surface area (Å²) >= 11 is 0. The van der Waals surface area contributed by atoms with E-state index in [9.17, 15) is 45.4 Å². The number of hydrogen-bond acceptors (Lipinski definition) is 11. The summed E-state index contributed by atoms with van der Waals surface area (Å²) in [7, 11) is 2.57. The van der Waals surface area contributed by atoms with Gasteiger partial charge in [0.15, 0.2) is 5.67 Å². The van der Waals surface area contributed by atoms with Crippen molar-refractivity contribution >= 4 is 23.1 Å². The molecule has 2 aliphatic heterocycles. The molecule has 2 aliphatic carbocycles. The van der Waals surface area contributed by atoms with E-state index in [1.165, 1.54) is 50.9 Å². The number of benzene rings is 2. The number of hydrogen-bond donors (Lipinski definition) is 3. The number of carbonyl (C=O) groups is 2. The van der Waals surface area contributed by atoms with E-state index >= 15 is 0 Å². The van der Waals surface area contributed by atoms with Crippen LogP contribution >= 0.6 is 0 Å². The fraction of sp³-hybridized carbons (Fsp3) is 0.364. The Morgan fingerprint density at radius 1 is 0.697 bits per heavy atom. The Morgan fingerprint density at radius 3 is 1.47 bits per heavy atom. The Bertz CT molecular complexity index is 2640. The summed E-state index contributed by atoms with van der Waals surface area (Å²) < 4.78 is 127. The lowest BCUT2D eigenvalue weighted by Crippen LogP contribution is -2.46. The zero-order valence-corrected chi connectivity index (χ0v) is 34.8. The minimum absolute atomic E-state index is 0.00999. The first-order valence-corrected chi connectivity index (χ1v) is 20.3. The second kappa shape index (κ2) is 17.3. The quantitative estimate of drug-likeness (QED) is 0.105. The first kappa shape index (κ1) is 44.5. The van der Waals surface area contributed by atoms with Gasteiger partial charge in [0.1, 0.15) is 63.4 Å². The zero-order valence-electron chi connectivity index (χ0n) is 34.8. The third-order valence-electron chi connectivity index (χ3n) is 11.5. The number of rotatable bonds is 14. The van der Waals surface area contributed by atoms with Crippen molar-refractivity contribution in [2.75, 3.05) is 40.6 Å². The van der Waals surface area contributed by atoms with E-state index in [0.717, 1.165) is 0 Å². The molecule has 0 radical (unpaired) electrons. The van der Waals surface area contributed by atoms with Gasteiger partial charge < -0.3 is 44.2 Å². The van der Waals surface area contributed by atoms with E-state index in [1.54, 1.807) is 45.5 Å².